The van der Waals surface area contributed by atoms with Crippen molar-refractivity contribution in [2.45, 2.75) is 113 Å². The summed E-state index contributed by atoms with van der Waals surface area (Å²) in [7, 11) is -3.97. The molecule has 0 aromatic carbocycles. The lowest BCUT2D eigenvalue weighted by Gasteiger charge is -2.50. The molecule has 1 heterocycles. The van der Waals surface area contributed by atoms with Crippen molar-refractivity contribution in [2.24, 2.45) is 0 Å². The maximum Gasteiger partial charge on any atom is 0.192 e. The fourth-order valence-electron chi connectivity index (χ4n) is 2.31. The number of hydrogen-bond acceptors (Lipinski definition) is 4. The number of halogens is 1. The molecule has 1 fully saturated rings. The van der Waals surface area contributed by atoms with E-state index in [0.29, 0.717) is 0 Å². The molecular formula is C18H39IO4Si2. The first-order valence-corrected chi connectivity index (χ1v) is 16.3. The van der Waals surface area contributed by atoms with Crippen LogP contribution in [-0.2, 0) is 13.6 Å². The third-order valence-corrected chi connectivity index (χ3v) is 16.5. The number of alkyl halides is 1. The zero-order valence-corrected chi connectivity index (χ0v) is 22.1. The molecule has 0 aromatic heterocycles. The van der Waals surface area contributed by atoms with E-state index in [2.05, 4.69) is 90.3 Å². The number of ether oxygens (including phenoxy) is 1. The average molecular weight is 503 g/mol. The highest BCUT2D eigenvalue weighted by atomic mass is 127. The van der Waals surface area contributed by atoms with Gasteiger partial charge in [-0.15, -0.1) is 0 Å². The predicted octanol–water partition coefficient (Wildman–Crippen LogP) is 5.31. The highest BCUT2D eigenvalue weighted by molar-refractivity contribution is 14.1. The summed E-state index contributed by atoms with van der Waals surface area (Å²) in [6.45, 7) is 24.5. The van der Waals surface area contributed by atoms with Gasteiger partial charge in [-0.1, -0.05) is 64.1 Å². The number of rotatable bonds is 4. The molecule has 25 heavy (non-hydrogen) atoms. The van der Waals surface area contributed by atoms with E-state index in [-0.39, 0.29) is 32.3 Å². The normalized spacial score (nSPS) is 32.8. The maximum absolute atomic E-state index is 10.4. The van der Waals surface area contributed by atoms with Crippen LogP contribution in [0.1, 0.15) is 48.5 Å². The van der Waals surface area contributed by atoms with Gasteiger partial charge in [0.1, 0.15) is 0 Å². The van der Waals surface area contributed by atoms with Crippen LogP contribution in [0.25, 0.3) is 0 Å². The zero-order valence-electron chi connectivity index (χ0n) is 17.9. The van der Waals surface area contributed by atoms with Crippen molar-refractivity contribution in [3.8, 4) is 0 Å². The van der Waals surface area contributed by atoms with Gasteiger partial charge in [0.2, 0.25) is 0 Å². The summed E-state index contributed by atoms with van der Waals surface area (Å²) in [5.74, 6) is 0. The monoisotopic (exact) mass is 502 g/mol. The lowest BCUT2D eigenvalue weighted by Crippen LogP contribution is -2.63. The van der Waals surface area contributed by atoms with Crippen molar-refractivity contribution >= 4 is 39.2 Å². The van der Waals surface area contributed by atoms with Crippen LogP contribution < -0.4 is 0 Å². The van der Waals surface area contributed by atoms with Crippen LogP contribution >= 0.6 is 22.6 Å². The van der Waals surface area contributed by atoms with E-state index in [1.165, 1.54) is 0 Å². The largest absolute Gasteiger partial charge is 0.410 e. The van der Waals surface area contributed by atoms with E-state index in [1.54, 1.807) is 0 Å². The molecule has 1 aliphatic heterocycles. The van der Waals surface area contributed by atoms with Crippen molar-refractivity contribution in [3.63, 3.8) is 0 Å². The highest BCUT2D eigenvalue weighted by Crippen LogP contribution is 2.43. The minimum Gasteiger partial charge on any atom is -0.410 e. The molecule has 1 aliphatic rings. The van der Waals surface area contributed by atoms with E-state index in [1.807, 2.05) is 6.92 Å². The van der Waals surface area contributed by atoms with Gasteiger partial charge in [-0.2, -0.15) is 0 Å². The Hall–Kier alpha value is 1.00. The van der Waals surface area contributed by atoms with E-state index in [9.17, 15) is 5.11 Å². The van der Waals surface area contributed by atoms with Gasteiger partial charge in [-0.3, -0.25) is 0 Å². The van der Waals surface area contributed by atoms with Gasteiger partial charge in [0.25, 0.3) is 0 Å². The maximum atomic E-state index is 10.4. The van der Waals surface area contributed by atoms with E-state index < -0.39 is 22.9 Å². The molecule has 4 nitrogen and oxygen atoms in total. The first kappa shape index (κ1) is 24.0. The van der Waals surface area contributed by atoms with Crippen LogP contribution in [0, 0.1) is 0 Å². The molecule has 0 aliphatic carbocycles. The number of hydrogen-bond donors (Lipinski definition) is 1. The molecule has 150 valence electrons. The average Bonchev–Trinajstić information content (AvgIpc) is 2.37. The lowest BCUT2D eigenvalue weighted by atomic mass is 10.0. The van der Waals surface area contributed by atoms with Gasteiger partial charge in [-0.05, 0) is 43.2 Å². The molecule has 5 atom stereocenters. The molecule has 1 rings (SSSR count). The Morgan fingerprint density at radius 3 is 1.56 bits per heavy atom. The Labute approximate surface area is 170 Å². The van der Waals surface area contributed by atoms with Crippen LogP contribution in [0.15, 0.2) is 0 Å². The second-order valence-electron chi connectivity index (χ2n) is 10.4. The molecule has 1 N–H and O–H groups in total. The minimum atomic E-state index is -1.99. The van der Waals surface area contributed by atoms with Crippen LogP contribution in [0.2, 0.25) is 36.3 Å². The smallest absolute Gasteiger partial charge is 0.192 e. The Morgan fingerprint density at radius 2 is 1.20 bits per heavy atom. The van der Waals surface area contributed by atoms with E-state index >= 15 is 0 Å². The highest BCUT2D eigenvalue weighted by Gasteiger charge is 2.51. The van der Waals surface area contributed by atoms with Crippen LogP contribution in [-0.4, -0.2) is 50.3 Å². The summed E-state index contributed by atoms with van der Waals surface area (Å²) in [6.07, 6.45) is -1.32. The standard InChI is InChI=1S/C18H39IO4Si2/c1-12-14(22-24(8,9)17(2,3)4)15(13(19)16(20)21-12)23-25(10,11)18(5,6)7/h12-16,20H,1-11H3/t12-,13+,14-,15-,16+/m1/s1. The fraction of sp³-hybridized carbons (Fsp3) is 1.00. The van der Waals surface area contributed by atoms with Gasteiger partial charge >= 0.3 is 0 Å². The van der Waals surface area contributed by atoms with Crippen molar-refractivity contribution in [1.29, 1.82) is 0 Å². The quantitative estimate of drug-likeness (QED) is 0.322. The summed E-state index contributed by atoms with van der Waals surface area (Å²) < 4.78 is 19.1. The van der Waals surface area contributed by atoms with Crippen LogP contribution in [0.5, 0.6) is 0 Å². The molecule has 1 saturated heterocycles. The van der Waals surface area contributed by atoms with Crippen molar-refractivity contribution in [3.05, 3.63) is 0 Å². The van der Waals surface area contributed by atoms with Crippen molar-refractivity contribution in [2.75, 3.05) is 0 Å². The Bertz CT molecular complexity index is 457. The number of aliphatic hydroxyl groups is 1. The Morgan fingerprint density at radius 1 is 0.840 bits per heavy atom. The van der Waals surface area contributed by atoms with Gasteiger partial charge in [0.05, 0.1) is 22.2 Å². The summed E-state index contributed by atoms with van der Waals surface area (Å²) in [4.78, 5) is 0. The lowest BCUT2D eigenvalue weighted by molar-refractivity contribution is -0.212. The van der Waals surface area contributed by atoms with Crippen LogP contribution in [0.3, 0.4) is 0 Å². The predicted molar refractivity (Wildman–Crippen MR) is 119 cm³/mol. The first-order chi connectivity index (χ1) is 10.9. The third-order valence-electron chi connectivity index (χ3n) is 6.20. The molecule has 0 radical (unpaired) electrons. The zero-order chi connectivity index (χ0) is 20.0. The minimum absolute atomic E-state index is 0.109. The van der Waals surface area contributed by atoms with Gasteiger partial charge in [0, 0.05) is 0 Å². The second-order valence-corrected chi connectivity index (χ2v) is 21.3. The molecule has 0 bridgehead atoms. The van der Waals surface area contributed by atoms with Gasteiger partial charge < -0.3 is 18.7 Å². The van der Waals surface area contributed by atoms with E-state index in [4.69, 9.17) is 13.6 Å². The second kappa shape index (κ2) is 7.79. The molecule has 0 unspecified atom stereocenters. The van der Waals surface area contributed by atoms with Crippen molar-refractivity contribution < 1.29 is 18.7 Å². The summed E-state index contributed by atoms with van der Waals surface area (Å²) in [5.41, 5.74) is 0. The van der Waals surface area contributed by atoms with Gasteiger partial charge in [0.15, 0.2) is 22.9 Å². The van der Waals surface area contributed by atoms with Crippen LogP contribution in [0.4, 0.5) is 0 Å². The Balaban J connectivity index is 3.17. The SMILES string of the molecule is C[C@H]1O[C@H](O)[C@@H](I)[C@@H](O[Si](C)(C)C(C)(C)C)[C@@H]1O[Si](C)(C)C(C)(C)C. The molecule has 0 aromatic rings. The molecular weight excluding hydrogens is 463 g/mol. The summed E-state index contributed by atoms with van der Waals surface area (Å²) >= 11 is 2.27. The molecule has 0 spiro atoms. The molecule has 7 heteroatoms. The summed E-state index contributed by atoms with van der Waals surface area (Å²) in [5, 5.41) is 10.6. The third kappa shape index (κ3) is 5.51. The topological polar surface area (TPSA) is 47.9 Å². The Kier molecular flexibility index (Phi) is 7.49. The molecule has 0 saturated carbocycles. The molecule has 0 amide bonds. The number of aliphatic hydroxyl groups excluding tert-OH is 1. The van der Waals surface area contributed by atoms with E-state index in [0.717, 1.165) is 0 Å². The van der Waals surface area contributed by atoms with Gasteiger partial charge in [-0.25, -0.2) is 0 Å². The first-order valence-electron chi connectivity index (χ1n) is 9.24. The summed E-state index contributed by atoms with van der Waals surface area (Å²) in [6, 6.07) is 0. The fourth-order valence-corrected chi connectivity index (χ4v) is 5.99. The van der Waals surface area contributed by atoms with Crippen molar-refractivity contribution in [1.82, 2.24) is 0 Å².